The van der Waals surface area contributed by atoms with E-state index in [4.69, 9.17) is 10.5 Å². The van der Waals surface area contributed by atoms with Gasteiger partial charge < -0.3 is 15.8 Å². The molecule has 4 heteroatoms. The molecule has 0 spiro atoms. The van der Waals surface area contributed by atoms with Crippen molar-refractivity contribution >= 4 is 5.91 Å². The summed E-state index contributed by atoms with van der Waals surface area (Å²) in [4.78, 5) is 12.3. The summed E-state index contributed by atoms with van der Waals surface area (Å²) in [5, 5.41) is 3.12. The summed E-state index contributed by atoms with van der Waals surface area (Å²) in [6.07, 6.45) is 1.96. The Bertz CT molecular complexity index is 482. The molecule has 1 aliphatic carbocycles. The fourth-order valence-corrected chi connectivity index (χ4v) is 2.85. The standard InChI is InChI=1S/C17H26N2O2/c1-4-21-15-11-14(17(15,2)3)19-16(20)13-7-5-12(6-8-13)9-10-18/h5-8,14-15H,4,9-11,18H2,1-3H3,(H,19,20). The zero-order chi connectivity index (χ0) is 15.5. The summed E-state index contributed by atoms with van der Waals surface area (Å²) in [6.45, 7) is 7.64. The molecule has 0 heterocycles. The second kappa shape index (κ2) is 6.58. The summed E-state index contributed by atoms with van der Waals surface area (Å²) in [5.74, 6) is -0.0117. The molecule has 1 aromatic carbocycles. The predicted molar refractivity (Wildman–Crippen MR) is 84.3 cm³/mol. The molecule has 0 aromatic heterocycles. The van der Waals surface area contributed by atoms with Crippen molar-refractivity contribution in [2.75, 3.05) is 13.2 Å². The van der Waals surface area contributed by atoms with E-state index in [0.29, 0.717) is 12.1 Å². The number of hydrogen-bond acceptors (Lipinski definition) is 3. The fraction of sp³-hybridized carbons (Fsp3) is 0.588. The molecule has 0 aliphatic heterocycles. The number of nitrogens with two attached hydrogens (primary N) is 1. The first kappa shape index (κ1) is 16.0. The molecular weight excluding hydrogens is 264 g/mol. The van der Waals surface area contributed by atoms with Crippen molar-refractivity contribution in [1.82, 2.24) is 5.32 Å². The predicted octanol–water partition coefficient (Wildman–Crippen LogP) is 2.12. The van der Waals surface area contributed by atoms with Crippen molar-refractivity contribution < 1.29 is 9.53 Å². The number of nitrogens with one attached hydrogen (secondary N) is 1. The van der Waals surface area contributed by atoms with Gasteiger partial charge in [-0.3, -0.25) is 4.79 Å². The van der Waals surface area contributed by atoms with Gasteiger partial charge in [-0.15, -0.1) is 0 Å². The van der Waals surface area contributed by atoms with Crippen LogP contribution in [0.25, 0.3) is 0 Å². The van der Waals surface area contributed by atoms with Gasteiger partial charge in [-0.2, -0.15) is 0 Å². The topological polar surface area (TPSA) is 64.3 Å². The maximum absolute atomic E-state index is 12.3. The Hall–Kier alpha value is -1.39. The van der Waals surface area contributed by atoms with Crippen LogP contribution in [0.3, 0.4) is 0 Å². The molecule has 1 amide bonds. The van der Waals surface area contributed by atoms with Crippen LogP contribution in [0.2, 0.25) is 0 Å². The van der Waals surface area contributed by atoms with Gasteiger partial charge >= 0.3 is 0 Å². The van der Waals surface area contributed by atoms with Gasteiger partial charge in [0, 0.05) is 23.6 Å². The van der Waals surface area contributed by atoms with Crippen molar-refractivity contribution in [3.63, 3.8) is 0 Å². The number of ether oxygens (including phenoxy) is 1. The summed E-state index contributed by atoms with van der Waals surface area (Å²) < 4.78 is 5.69. The zero-order valence-corrected chi connectivity index (χ0v) is 13.2. The summed E-state index contributed by atoms with van der Waals surface area (Å²) in [6, 6.07) is 7.84. The first-order valence-corrected chi connectivity index (χ1v) is 7.70. The van der Waals surface area contributed by atoms with E-state index >= 15 is 0 Å². The highest BCUT2D eigenvalue weighted by molar-refractivity contribution is 5.94. The maximum Gasteiger partial charge on any atom is 0.251 e. The lowest BCUT2D eigenvalue weighted by Gasteiger charge is -2.51. The Morgan fingerprint density at radius 3 is 2.57 bits per heavy atom. The molecule has 21 heavy (non-hydrogen) atoms. The molecule has 0 radical (unpaired) electrons. The molecule has 1 aromatic rings. The Morgan fingerprint density at radius 1 is 1.38 bits per heavy atom. The fourth-order valence-electron chi connectivity index (χ4n) is 2.85. The highest BCUT2D eigenvalue weighted by Crippen LogP contribution is 2.42. The first-order valence-electron chi connectivity index (χ1n) is 7.70. The van der Waals surface area contributed by atoms with Crippen LogP contribution in [0, 0.1) is 5.41 Å². The van der Waals surface area contributed by atoms with E-state index in [2.05, 4.69) is 19.2 Å². The lowest BCUT2D eigenvalue weighted by molar-refractivity contribution is -0.111. The molecule has 0 saturated heterocycles. The summed E-state index contributed by atoms with van der Waals surface area (Å²) in [7, 11) is 0. The number of carbonyl (C=O) groups is 1. The van der Waals surface area contributed by atoms with Gasteiger partial charge in [0.15, 0.2) is 0 Å². The number of rotatable bonds is 6. The van der Waals surface area contributed by atoms with Crippen LogP contribution >= 0.6 is 0 Å². The average molecular weight is 290 g/mol. The third-order valence-electron chi connectivity index (χ3n) is 4.50. The summed E-state index contributed by atoms with van der Waals surface area (Å²) in [5.41, 5.74) is 7.38. The molecule has 116 valence electrons. The van der Waals surface area contributed by atoms with Crippen LogP contribution in [0.15, 0.2) is 24.3 Å². The minimum absolute atomic E-state index is 0.00877. The second-order valence-electron chi connectivity index (χ2n) is 6.26. The molecule has 2 atom stereocenters. The number of benzene rings is 1. The molecular formula is C17H26N2O2. The third kappa shape index (κ3) is 3.44. The van der Waals surface area contributed by atoms with Crippen molar-refractivity contribution in [1.29, 1.82) is 0 Å². The number of amides is 1. The minimum atomic E-state index is -0.0117. The molecule has 0 bridgehead atoms. The van der Waals surface area contributed by atoms with E-state index in [-0.39, 0.29) is 23.5 Å². The van der Waals surface area contributed by atoms with Crippen LogP contribution in [-0.4, -0.2) is 31.2 Å². The van der Waals surface area contributed by atoms with Gasteiger partial charge in [0.05, 0.1) is 6.10 Å². The molecule has 4 nitrogen and oxygen atoms in total. The SMILES string of the molecule is CCOC1CC(NC(=O)c2ccc(CCN)cc2)C1(C)C. The highest BCUT2D eigenvalue weighted by atomic mass is 16.5. The van der Waals surface area contributed by atoms with Crippen LogP contribution in [0.5, 0.6) is 0 Å². The Balaban J connectivity index is 1.93. The molecule has 1 aliphatic rings. The van der Waals surface area contributed by atoms with E-state index in [9.17, 15) is 4.79 Å². The van der Waals surface area contributed by atoms with Crippen molar-refractivity contribution in [2.45, 2.75) is 45.8 Å². The van der Waals surface area contributed by atoms with E-state index in [1.54, 1.807) is 0 Å². The van der Waals surface area contributed by atoms with Crippen molar-refractivity contribution in [2.24, 2.45) is 11.1 Å². The van der Waals surface area contributed by atoms with Crippen LogP contribution in [-0.2, 0) is 11.2 Å². The second-order valence-corrected chi connectivity index (χ2v) is 6.26. The monoisotopic (exact) mass is 290 g/mol. The Morgan fingerprint density at radius 2 is 2.05 bits per heavy atom. The Labute approximate surface area is 127 Å². The van der Waals surface area contributed by atoms with Crippen molar-refractivity contribution in [3.05, 3.63) is 35.4 Å². The molecule has 2 rings (SSSR count). The van der Waals surface area contributed by atoms with Gasteiger partial charge in [-0.05, 0) is 44.0 Å². The normalized spacial score (nSPS) is 23.4. The largest absolute Gasteiger partial charge is 0.378 e. The lowest BCUT2D eigenvalue weighted by Crippen LogP contribution is -2.62. The molecule has 1 fully saturated rings. The van der Waals surface area contributed by atoms with Crippen LogP contribution in [0.1, 0.15) is 43.1 Å². The average Bonchev–Trinajstić information content (AvgIpc) is 2.47. The van der Waals surface area contributed by atoms with E-state index in [1.165, 1.54) is 0 Å². The Kier molecular flexibility index (Phi) is 5.01. The smallest absolute Gasteiger partial charge is 0.251 e. The van der Waals surface area contributed by atoms with E-state index < -0.39 is 0 Å². The van der Waals surface area contributed by atoms with Gasteiger partial charge in [-0.1, -0.05) is 26.0 Å². The van der Waals surface area contributed by atoms with Gasteiger partial charge in [-0.25, -0.2) is 0 Å². The van der Waals surface area contributed by atoms with Crippen LogP contribution in [0.4, 0.5) is 0 Å². The minimum Gasteiger partial charge on any atom is -0.378 e. The van der Waals surface area contributed by atoms with Crippen molar-refractivity contribution in [3.8, 4) is 0 Å². The maximum atomic E-state index is 12.3. The highest BCUT2D eigenvalue weighted by Gasteiger charge is 2.49. The molecule has 1 saturated carbocycles. The number of hydrogen-bond donors (Lipinski definition) is 2. The molecule has 2 unspecified atom stereocenters. The van der Waals surface area contributed by atoms with E-state index in [1.807, 2.05) is 31.2 Å². The number of carbonyl (C=O) groups excluding carboxylic acids is 1. The zero-order valence-electron chi connectivity index (χ0n) is 13.2. The quantitative estimate of drug-likeness (QED) is 0.843. The van der Waals surface area contributed by atoms with Gasteiger partial charge in [0.1, 0.15) is 0 Å². The first-order chi connectivity index (χ1) is 9.98. The lowest BCUT2D eigenvalue weighted by atomic mass is 9.64. The summed E-state index contributed by atoms with van der Waals surface area (Å²) >= 11 is 0. The van der Waals surface area contributed by atoms with Gasteiger partial charge in [0.2, 0.25) is 0 Å². The van der Waals surface area contributed by atoms with Crippen LogP contribution < -0.4 is 11.1 Å². The van der Waals surface area contributed by atoms with E-state index in [0.717, 1.165) is 25.0 Å². The third-order valence-corrected chi connectivity index (χ3v) is 4.50. The molecule has 3 N–H and O–H groups in total. The van der Waals surface area contributed by atoms with Gasteiger partial charge in [0.25, 0.3) is 5.91 Å².